The topological polar surface area (TPSA) is 44.5 Å². The largest absolute Gasteiger partial charge is 0.490 e. The first kappa shape index (κ1) is 11.1. The van der Waals surface area contributed by atoms with Crippen LogP contribution >= 0.6 is 0 Å². The average Bonchev–Trinajstić information content (AvgIpc) is 2.83. The Labute approximate surface area is 102 Å². The molecule has 1 fully saturated rings. The van der Waals surface area contributed by atoms with Crippen LogP contribution in [0.25, 0.3) is 0 Å². The molecule has 3 rings (SSSR count). The average molecular weight is 233 g/mol. The standard InChI is InChI=1S/C14H19NO2/c1-9-2-3-13-11(6-9)12(15)7-14(17-13)10-4-5-16-8-10/h2-3,6,10,12,14H,4-5,7-8,15H2,1H3/t10?,12-,14?/m0/s1. The van der Waals surface area contributed by atoms with Crippen LogP contribution in [0.3, 0.4) is 0 Å². The van der Waals surface area contributed by atoms with Crippen molar-refractivity contribution in [2.24, 2.45) is 11.7 Å². The van der Waals surface area contributed by atoms with E-state index in [1.807, 2.05) is 6.07 Å². The number of hydrogen-bond donors (Lipinski definition) is 1. The SMILES string of the molecule is Cc1ccc2c(c1)[C@@H](N)CC(C1CCOC1)O2. The molecule has 2 N–H and O–H groups in total. The molecule has 0 spiro atoms. The molecule has 0 radical (unpaired) electrons. The second-order valence-electron chi connectivity index (χ2n) is 5.16. The van der Waals surface area contributed by atoms with E-state index in [9.17, 15) is 0 Å². The van der Waals surface area contributed by atoms with Crippen molar-refractivity contribution in [3.05, 3.63) is 29.3 Å². The second-order valence-corrected chi connectivity index (χ2v) is 5.16. The molecule has 0 aromatic heterocycles. The van der Waals surface area contributed by atoms with Crippen molar-refractivity contribution in [3.8, 4) is 5.75 Å². The van der Waals surface area contributed by atoms with Crippen LogP contribution in [0, 0.1) is 12.8 Å². The highest BCUT2D eigenvalue weighted by atomic mass is 16.5. The number of nitrogens with two attached hydrogens (primary N) is 1. The van der Waals surface area contributed by atoms with Gasteiger partial charge in [0.2, 0.25) is 0 Å². The summed E-state index contributed by atoms with van der Waals surface area (Å²) in [6.45, 7) is 3.77. The molecule has 2 aliphatic rings. The summed E-state index contributed by atoms with van der Waals surface area (Å²) in [4.78, 5) is 0. The van der Waals surface area contributed by atoms with Gasteiger partial charge in [-0.3, -0.25) is 0 Å². The Kier molecular flexibility index (Phi) is 2.81. The molecule has 0 saturated carbocycles. The number of benzene rings is 1. The van der Waals surface area contributed by atoms with Gasteiger partial charge in [-0.2, -0.15) is 0 Å². The van der Waals surface area contributed by atoms with Crippen molar-refractivity contribution < 1.29 is 9.47 Å². The maximum Gasteiger partial charge on any atom is 0.124 e. The summed E-state index contributed by atoms with van der Waals surface area (Å²) in [6, 6.07) is 6.37. The van der Waals surface area contributed by atoms with Gasteiger partial charge in [-0.1, -0.05) is 17.7 Å². The zero-order valence-electron chi connectivity index (χ0n) is 10.2. The van der Waals surface area contributed by atoms with Crippen molar-refractivity contribution in [2.45, 2.75) is 31.9 Å². The number of ether oxygens (including phenoxy) is 2. The maximum absolute atomic E-state index is 6.25. The fraction of sp³-hybridized carbons (Fsp3) is 0.571. The van der Waals surface area contributed by atoms with Crippen LogP contribution in [0.5, 0.6) is 5.75 Å². The van der Waals surface area contributed by atoms with E-state index in [1.54, 1.807) is 0 Å². The highest BCUT2D eigenvalue weighted by Gasteiger charge is 2.33. The van der Waals surface area contributed by atoms with E-state index < -0.39 is 0 Å². The third-order valence-corrected chi connectivity index (χ3v) is 3.82. The van der Waals surface area contributed by atoms with Crippen molar-refractivity contribution in [1.29, 1.82) is 0 Å². The Hall–Kier alpha value is -1.06. The Bertz CT molecular complexity index is 413. The minimum absolute atomic E-state index is 0.101. The fourth-order valence-electron chi connectivity index (χ4n) is 2.79. The molecule has 0 amide bonds. The first-order chi connectivity index (χ1) is 8.24. The molecule has 3 atom stereocenters. The van der Waals surface area contributed by atoms with Crippen molar-refractivity contribution in [1.82, 2.24) is 0 Å². The summed E-state index contributed by atoms with van der Waals surface area (Å²) in [6.07, 6.45) is 2.23. The van der Waals surface area contributed by atoms with E-state index >= 15 is 0 Å². The van der Waals surface area contributed by atoms with Gasteiger partial charge in [0.15, 0.2) is 0 Å². The van der Waals surface area contributed by atoms with Gasteiger partial charge >= 0.3 is 0 Å². The normalized spacial score (nSPS) is 32.0. The number of rotatable bonds is 1. The highest BCUT2D eigenvalue weighted by molar-refractivity contribution is 5.40. The van der Waals surface area contributed by atoms with Gasteiger partial charge < -0.3 is 15.2 Å². The predicted molar refractivity (Wildman–Crippen MR) is 66.1 cm³/mol. The van der Waals surface area contributed by atoms with E-state index in [-0.39, 0.29) is 12.1 Å². The smallest absolute Gasteiger partial charge is 0.124 e. The third-order valence-electron chi connectivity index (χ3n) is 3.82. The molecule has 92 valence electrons. The minimum atomic E-state index is 0.101. The Morgan fingerprint density at radius 3 is 3.00 bits per heavy atom. The van der Waals surface area contributed by atoms with Crippen LogP contribution in [0.2, 0.25) is 0 Å². The molecule has 3 heteroatoms. The lowest BCUT2D eigenvalue weighted by atomic mass is 9.89. The fourth-order valence-corrected chi connectivity index (χ4v) is 2.79. The second kappa shape index (κ2) is 4.31. The van der Waals surface area contributed by atoms with Crippen LogP contribution in [0.15, 0.2) is 18.2 Å². The van der Waals surface area contributed by atoms with Gasteiger partial charge in [-0.15, -0.1) is 0 Å². The van der Waals surface area contributed by atoms with Gasteiger partial charge in [-0.25, -0.2) is 0 Å². The first-order valence-electron chi connectivity index (χ1n) is 6.34. The van der Waals surface area contributed by atoms with E-state index in [4.69, 9.17) is 15.2 Å². The monoisotopic (exact) mass is 233 g/mol. The first-order valence-corrected chi connectivity index (χ1v) is 6.34. The molecule has 1 saturated heterocycles. The zero-order valence-corrected chi connectivity index (χ0v) is 10.2. The Morgan fingerprint density at radius 2 is 2.24 bits per heavy atom. The van der Waals surface area contributed by atoms with Crippen LogP contribution < -0.4 is 10.5 Å². The number of fused-ring (bicyclic) bond motifs is 1. The van der Waals surface area contributed by atoms with E-state index in [0.717, 1.165) is 37.4 Å². The number of aryl methyl sites for hydroxylation is 1. The van der Waals surface area contributed by atoms with Gasteiger partial charge in [0.05, 0.1) is 6.61 Å². The zero-order chi connectivity index (χ0) is 11.8. The predicted octanol–water partition coefficient (Wildman–Crippen LogP) is 2.18. The Balaban J connectivity index is 1.84. The summed E-state index contributed by atoms with van der Waals surface area (Å²) >= 11 is 0. The molecule has 2 aliphatic heterocycles. The quantitative estimate of drug-likeness (QED) is 0.808. The van der Waals surface area contributed by atoms with Gasteiger partial charge in [0.1, 0.15) is 11.9 Å². The highest BCUT2D eigenvalue weighted by Crippen LogP contribution is 2.37. The van der Waals surface area contributed by atoms with E-state index in [1.165, 1.54) is 5.56 Å². The number of hydrogen-bond acceptors (Lipinski definition) is 3. The molecular formula is C14H19NO2. The summed E-state index contributed by atoms with van der Waals surface area (Å²) in [5, 5.41) is 0. The van der Waals surface area contributed by atoms with Crippen molar-refractivity contribution in [3.63, 3.8) is 0 Å². The molecule has 0 bridgehead atoms. The third kappa shape index (κ3) is 2.05. The summed E-state index contributed by atoms with van der Waals surface area (Å²) in [5.74, 6) is 1.47. The lowest BCUT2D eigenvalue weighted by molar-refractivity contribution is 0.0854. The van der Waals surface area contributed by atoms with Gasteiger partial charge in [0, 0.05) is 30.6 Å². The van der Waals surface area contributed by atoms with Crippen molar-refractivity contribution >= 4 is 0 Å². The summed E-state index contributed by atoms with van der Waals surface area (Å²) < 4.78 is 11.5. The maximum atomic E-state index is 6.25. The molecule has 1 aromatic rings. The summed E-state index contributed by atoms with van der Waals surface area (Å²) in [5.41, 5.74) is 8.65. The molecule has 3 nitrogen and oxygen atoms in total. The van der Waals surface area contributed by atoms with Crippen LogP contribution in [0.1, 0.15) is 30.0 Å². The summed E-state index contributed by atoms with van der Waals surface area (Å²) in [7, 11) is 0. The molecule has 1 aromatic carbocycles. The van der Waals surface area contributed by atoms with Crippen LogP contribution in [0.4, 0.5) is 0 Å². The molecule has 2 heterocycles. The minimum Gasteiger partial charge on any atom is -0.490 e. The van der Waals surface area contributed by atoms with Crippen LogP contribution in [-0.2, 0) is 4.74 Å². The lowest BCUT2D eigenvalue weighted by Gasteiger charge is -2.33. The molecule has 17 heavy (non-hydrogen) atoms. The van der Waals surface area contributed by atoms with E-state index in [0.29, 0.717) is 5.92 Å². The molecule has 2 unspecified atom stereocenters. The van der Waals surface area contributed by atoms with E-state index in [2.05, 4.69) is 19.1 Å². The van der Waals surface area contributed by atoms with Gasteiger partial charge in [-0.05, 0) is 19.4 Å². The lowest BCUT2D eigenvalue weighted by Crippen LogP contribution is -2.35. The van der Waals surface area contributed by atoms with Crippen LogP contribution in [-0.4, -0.2) is 19.3 Å². The molecular weight excluding hydrogens is 214 g/mol. The van der Waals surface area contributed by atoms with Gasteiger partial charge in [0.25, 0.3) is 0 Å². The van der Waals surface area contributed by atoms with Crippen molar-refractivity contribution in [2.75, 3.05) is 13.2 Å². The molecule has 0 aliphatic carbocycles. The Morgan fingerprint density at radius 1 is 1.35 bits per heavy atom.